The second-order valence-corrected chi connectivity index (χ2v) is 8.95. The van der Waals surface area contributed by atoms with Crippen LogP contribution in [0.3, 0.4) is 0 Å². The summed E-state index contributed by atoms with van der Waals surface area (Å²) in [6, 6.07) is 23.9. The fourth-order valence-electron chi connectivity index (χ4n) is 4.12. The molecule has 2 heterocycles. The number of likely N-dealkylation sites (tertiary alicyclic amines) is 1. The first kappa shape index (κ1) is 21.0. The van der Waals surface area contributed by atoms with Gasteiger partial charge in [0.05, 0.1) is 0 Å². The number of fused-ring (bicyclic) bond motifs is 1. The highest BCUT2D eigenvalue weighted by molar-refractivity contribution is 9.10. The average Bonchev–Trinajstić information content (AvgIpc) is 3.24. The molecular weight excluding hydrogens is 468 g/mol. The van der Waals surface area contributed by atoms with Crippen molar-refractivity contribution in [2.75, 3.05) is 26.2 Å². The normalized spacial score (nSPS) is 15.2. The quantitative estimate of drug-likeness (QED) is 0.289. The Hall–Kier alpha value is -2.83. The molecular formula is C26H25BrN2O3. The number of hydrogen-bond donors (Lipinski definition) is 0. The Kier molecular flexibility index (Phi) is 6.41. The second-order valence-electron chi connectivity index (χ2n) is 8.04. The lowest BCUT2D eigenvalue weighted by Crippen LogP contribution is -2.35. The van der Waals surface area contributed by atoms with E-state index in [9.17, 15) is 0 Å². The van der Waals surface area contributed by atoms with Crippen molar-refractivity contribution < 1.29 is 13.9 Å². The zero-order chi connectivity index (χ0) is 21.8. The van der Waals surface area contributed by atoms with Crippen LogP contribution in [-0.4, -0.2) is 36.1 Å². The molecule has 4 aromatic rings. The van der Waals surface area contributed by atoms with Crippen molar-refractivity contribution in [1.29, 1.82) is 0 Å². The Morgan fingerprint density at radius 3 is 2.38 bits per heavy atom. The molecule has 1 aliphatic heterocycles. The van der Waals surface area contributed by atoms with Crippen LogP contribution in [0.5, 0.6) is 17.6 Å². The van der Waals surface area contributed by atoms with E-state index >= 15 is 0 Å². The van der Waals surface area contributed by atoms with Crippen molar-refractivity contribution in [1.82, 2.24) is 9.88 Å². The summed E-state index contributed by atoms with van der Waals surface area (Å²) in [4.78, 5) is 6.82. The summed E-state index contributed by atoms with van der Waals surface area (Å²) in [5.41, 5.74) is 2.94. The topological polar surface area (TPSA) is 47.7 Å². The standard InChI is InChI=1S/C26H25BrN2O3/c27-21-7-5-19(6-8-21)20-13-15-29(16-14-20)17-18-30-22-9-11-23(12-10-22)31-26-28-24-3-1-2-4-25(24)32-26/h1-12,20H,13-18H2. The van der Waals surface area contributed by atoms with Crippen LogP contribution in [0.15, 0.2) is 81.7 Å². The first-order valence-electron chi connectivity index (χ1n) is 11.0. The van der Waals surface area contributed by atoms with Gasteiger partial charge in [0, 0.05) is 11.0 Å². The largest absolute Gasteiger partial charge is 0.492 e. The summed E-state index contributed by atoms with van der Waals surface area (Å²) in [5.74, 6) is 2.16. The van der Waals surface area contributed by atoms with Gasteiger partial charge in [-0.2, -0.15) is 4.98 Å². The van der Waals surface area contributed by atoms with E-state index in [1.807, 2.05) is 48.5 Å². The predicted octanol–water partition coefficient (Wildman–Crippen LogP) is 6.64. The van der Waals surface area contributed by atoms with Crippen molar-refractivity contribution in [3.8, 4) is 17.6 Å². The predicted molar refractivity (Wildman–Crippen MR) is 129 cm³/mol. The lowest BCUT2D eigenvalue weighted by molar-refractivity contribution is 0.173. The van der Waals surface area contributed by atoms with Crippen LogP contribution in [0.1, 0.15) is 24.3 Å². The maximum absolute atomic E-state index is 5.95. The highest BCUT2D eigenvalue weighted by Crippen LogP contribution is 2.29. The molecule has 0 spiro atoms. The van der Waals surface area contributed by atoms with Crippen molar-refractivity contribution in [2.45, 2.75) is 18.8 Å². The van der Waals surface area contributed by atoms with Crippen LogP contribution >= 0.6 is 15.9 Å². The summed E-state index contributed by atoms with van der Waals surface area (Å²) in [6.07, 6.45) is 2.64. The molecule has 0 aliphatic carbocycles. The molecule has 1 aromatic heterocycles. The maximum atomic E-state index is 5.95. The Balaban J connectivity index is 1.06. The van der Waals surface area contributed by atoms with Crippen LogP contribution in [0, 0.1) is 0 Å². The molecule has 0 atom stereocenters. The minimum atomic E-state index is 0.242. The number of rotatable bonds is 7. The van der Waals surface area contributed by atoms with E-state index in [4.69, 9.17) is 13.9 Å². The van der Waals surface area contributed by atoms with Gasteiger partial charge in [-0.15, -0.1) is 0 Å². The van der Waals surface area contributed by atoms with Crippen LogP contribution in [0.4, 0.5) is 0 Å². The lowest BCUT2D eigenvalue weighted by Gasteiger charge is -2.32. The van der Waals surface area contributed by atoms with Gasteiger partial charge in [0.15, 0.2) is 5.58 Å². The Bertz CT molecular complexity index is 1120. The van der Waals surface area contributed by atoms with Crippen molar-refractivity contribution >= 4 is 27.0 Å². The minimum Gasteiger partial charge on any atom is -0.492 e. The molecule has 164 valence electrons. The minimum absolute atomic E-state index is 0.242. The molecule has 0 saturated carbocycles. The van der Waals surface area contributed by atoms with E-state index < -0.39 is 0 Å². The van der Waals surface area contributed by atoms with Gasteiger partial charge < -0.3 is 13.9 Å². The van der Waals surface area contributed by atoms with Crippen LogP contribution < -0.4 is 9.47 Å². The third kappa shape index (κ3) is 5.14. The number of piperidine rings is 1. The summed E-state index contributed by atoms with van der Waals surface area (Å²) in [5, 5.41) is 0. The van der Waals surface area contributed by atoms with Crippen molar-refractivity contribution in [3.05, 3.63) is 82.8 Å². The van der Waals surface area contributed by atoms with E-state index in [2.05, 4.69) is 50.1 Å². The maximum Gasteiger partial charge on any atom is 0.400 e. The number of ether oxygens (including phenoxy) is 2. The molecule has 0 N–H and O–H groups in total. The first-order chi connectivity index (χ1) is 15.7. The van der Waals surface area contributed by atoms with Crippen molar-refractivity contribution in [3.63, 3.8) is 0 Å². The molecule has 5 nitrogen and oxygen atoms in total. The number of benzene rings is 3. The Morgan fingerprint density at radius 1 is 0.906 bits per heavy atom. The molecule has 0 amide bonds. The highest BCUT2D eigenvalue weighted by Gasteiger charge is 2.20. The van der Waals surface area contributed by atoms with Crippen LogP contribution in [0.25, 0.3) is 11.1 Å². The summed E-state index contributed by atoms with van der Waals surface area (Å²) in [6.45, 7) is 3.84. The second kappa shape index (κ2) is 9.76. The van der Waals surface area contributed by atoms with Crippen LogP contribution in [0.2, 0.25) is 0 Å². The average molecular weight is 493 g/mol. The molecule has 32 heavy (non-hydrogen) atoms. The van der Waals surface area contributed by atoms with Gasteiger partial charge in [0.1, 0.15) is 23.6 Å². The van der Waals surface area contributed by atoms with E-state index in [-0.39, 0.29) is 6.08 Å². The molecule has 6 heteroatoms. The summed E-state index contributed by atoms with van der Waals surface area (Å²) >= 11 is 3.52. The first-order valence-corrected chi connectivity index (χ1v) is 11.8. The molecule has 3 aromatic carbocycles. The number of aromatic nitrogens is 1. The third-order valence-corrected chi connectivity index (χ3v) is 6.44. The van der Waals surface area contributed by atoms with Gasteiger partial charge in [-0.3, -0.25) is 4.90 Å². The third-order valence-electron chi connectivity index (χ3n) is 5.91. The number of nitrogens with zero attached hydrogens (tertiary/aromatic N) is 2. The van der Waals surface area contributed by atoms with Gasteiger partial charge in [0.25, 0.3) is 0 Å². The zero-order valence-electron chi connectivity index (χ0n) is 17.7. The number of oxazole rings is 1. The van der Waals surface area contributed by atoms with E-state index in [0.29, 0.717) is 23.9 Å². The van der Waals surface area contributed by atoms with E-state index in [0.717, 1.165) is 35.4 Å². The van der Waals surface area contributed by atoms with Gasteiger partial charge in [-0.25, -0.2) is 0 Å². The zero-order valence-corrected chi connectivity index (χ0v) is 19.3. The van der Waals surface area contributed by atoms with Gasteiger partial charge in [0.2, 0.25) is 0 Å². The molecule has 0 bridgehead atoms. The molecule has 0 unspecified atom stereocenters. The smallest absolute Gasteiger partial charge is 0.400 e. The highest BCUT2D eigenvalue weighted by atomic mass is 79.9. The fraction of sp³-hybridized carbons (Fsp3) is 0.269. The number of halogens is 1. The number of para-hydroxylation sites is 2. The molecule has 1 fully saturated rings. The van der Waals surface area contributed by atoms with E-state index in [1.165, 1.54) is 18.4 Å². The Morgan fingerprint density at radius 2 is 1.62 bits per heavy atom. The van der Waals surface area contributed by atoms with Gasteiger partial charge >= 0.3 is 6.08 Å². The van der Waals surface area contributed by atoms with Crippen LogP contribution in [-0.2, 0) is 0 Å². The summed E-state index contributed by atoms with van der Waals surface area (Å²) < 4.78 is 18.4. The van der Waals surface area contributed by atoms with Gasteiger partial charge in [-0.1, -0.05) is 40.2 Å². The SMILES string of the molecule is Brc1ccc(C2CCN(CCOc3ccc(Oc4nc5ccccc5o4)cc3)CC2)cc1. The fourth-order valence-corrected chi connectivity index (χ4v) is 4.38. The molecule has 1 saturated heterocycles. The lowest BCUT2D eigenvalue weighted by atomic mass is 9.89. The number of hydrogen-bond acceptors (Lipinski definition) is 5. The monoisotopic (exact) mass is 492 g/mol. The Labute approximate surface area is 196 Å². The molecule has 5 rings (SSSR count). The molecule has 0 radical (unpaired) electrons. The molecule has 1 aliphatic rings. The summed E-state index contributed by atoms with van der Waals surface area (Å²) in [7, 11) is 0. The van der Waals surface area contributed by atoms with E-state index in [1.54, 1.807) is 0 Å². The van der Waals surface area contributed by atoms with Crippen molar-refractivity contribution in [2.24, 2.45) is 0 Å². The van der Waals surface area contributed by atoms with Gasteiger partial charge in [-0.05, 0) is 85.9 Å².